The Kier molecular flexibility index (Phi) is 5.34. The molecule has 0 fully saturated rings. The fourth-order valence-corrected chi connectivity index (χ4v) is 7.15. The van der Waals surface area contributed by atoms with Gasteiger partial charge in [0.25, 0.3) is 0 Å². The van der Waals surface area contributed by atoms with E-state index in [-0.39, 0.29) is 10.8 Å². The Bertz CT molecular complexity index is 2090. The molecule has 2 nitrogen and oxygen atoms in total. The number of hydrogen-bond donors (Lipinski definition) is 0. The van der Waals surface area contributed by atoms with Gasteiger partial charge in [-0.2, -0.15) is 0 Å². The van der Waals surface area contributed by atoms with Gasteiger partial charge in [0.1, 0.15) is 0 Å². The normalized spacial score (nSPS) is 13.4. The molecule has 40 heavy (non-hydrogen) atoms. The Labute approximate surface area is 237 Å². The Morgan fingerprint density at radius 1 is 0.700 bits per heavy atom. The van der Waals surface area contributed by atoms with Gasteiger partial charge in [-0.05, 0) is 80.6 Å². The standard InChI is InChI=1S/C38H40N2/c1-22(2)26-10-9-11-31-33(26)28-15-13-24-16-17-39-34-29-19-25-18-23(20-37(3,4)5)12-14-27(25)30(21-38(6,7)8)35(29)40(31)36(28)32(24)34/h9-19,22H,20-21H2,1-8H3. The molecule has 0 N–H and O–H groups in total. The number of rotatable bonds is 3. The van der Waals surface area contributed by atoms with Crippen molar-refractivity contribution in [2.24, 2.45) is 10.8 Å². The molecule has 2 heteroatoms. The number of hydrogen-bond acceptors (Lipinski definition) is 1. The van der Waals surface area contributed by atoms with Crippen molar-refractivity contribution in [2.45, 2.75) is 74.1 Å². The second-order valence-electron chi connectivity index (χ2n) is 14.7. The van der Waals surface area contributed by atoms with Crippen molar-refractivity contribution in [3.8, 4) is 0 Å². The summed E-state index contributed by atoms with van der Waals surface area (Å²) in [7, 11) is 0. The summed E-state index contributed by atoms with van der Waals surface area (Å²) in [4.78, 5) is 5.10. The minimum Gasteiger partial charge on any atom is -0.308 e. The minimum absolute atomic E-state index is 0.133. The zero-order chi connectivity index (χ0) is 28.1. The second-order valence-corrected chi connectivity index (χ2v) is 14.7. The SMILES string of the molecule is CC(C)c1cccc2c1c1ccc3ccnc4c5cc6cc(CC(C)(C)C)ccc6c(CC(C)(C)C)c5n2c1c34. The molecule has 7 aromatic rings. The van der Waals surface area contributed by atoms with Gasteiger partial charge in [0.05, 0.1) is 22.1 Å². The Morgan fingerprint density at radius 2 is 1.45 bits per heavy atom. The molecule has 4 aromatic carbocycles. The zero-order valence-electron chi connectivity index (χ0n) is 25.2. The van der Waals surface area contributed by atoms with E-state index >= 15 is 0 Å². The molecule has 202 valence electrons. The summed E-state index contributed by atoms with van der Waals surface area (Å²) >= 11 is 0. The summed E-state index contributed by atoms with van der Waals surface area (Å²) < 4.78 is 2.60. The molecule has 0 radical (unpaired) electrons. The summed E-state index contributed by atoms with van der Waals surface area (Å²) in [6.07, 6.45) is 4.05. The van der Waals surface area contributed by atoms with E-state index in [1.165, 1.54) is 70.9 Å². The third kappa shape index (κ3) is 3.79. The van der Waals surface area contributed by atoms with Crippen molar-refractivity contribution in [1.82, 2.24) is 9.38 Å². The summed E-state index contributed by atoms with van der Waals surface area (Å²) in [6, 6.07) is 23.3. The van der Waals surface area contributed by atoms with Crippen LogP contribution in [-0.4, -0.2) is 9.38 Å². The summed E-state index contributed by atoms with van der Waals surface area (Å²) in [5.74, 6) is 0.443. The van der Waals surface area contributed by atoms with Gasteiger partial charge in [-0.3, -0.25) is 4.98 Å². The van der Waals surface area contributed by atoms with Gasteiger partial charge in [-0.1, -0.05) is 97.9 Å². The van der Waals surface area contributed by atoms with Crippen LogP contribution in [0.15, 0.2) is 66.9 Å². The number of benzene rings is 4. The fourth-order valence-electron chi connectivity index (χ4n) is 7.15. The lowest BCUT2D eigenvalue weighted by Crippen LogP contribution is -2.12. The summed E-state index contributed by atoms with van der Waals surface area (Å²) in [6.45, 7) is 18.7. The van der Waals surface area contributed by atoms with Gasteiger partial charge in [0.2, 0.25) is 0 Å². The summed E-state index contributed by atoms with van der Waals surface area (Å²) in [5.41, 5.74) is 9.70. The van der Waals surface area contributed by atoms with Gasteiger partial charge in [0.15, 0.2) is 0 Å². The summed E-state index contributed by atoms with van der Waals surface area (Å²) in [5, 5.41) is 9.23. The first kappa shape index (κ1) is 25.3. The Hall–Kier alpha value is -3.65. The van der Waals surface area contributed by atoms with Crippen molar-refractivity contribution in [3.63, 3.8) is 0 Å². The van der Waals surface area contributed by atoms with Crippen molar-refractivity contribution >= 4 is 59.8 Å². The highest BCUT2D eigenvalue weighted by Crippen LogP contribution is 2.45. The number of pyridine rings is 2. The highest BCUT2D eigenvalue weighted by atomic mass is 14.9. The molecule has 0 aliphatic carbocycles. The molecule has 7 rings (SSSR count). The smallest absolute Gasteiger partial charge is 0.0823 e. The van der Waals surface area contributed by atoms with E-state index in [0.29, 0.717) is 5.92 Å². The second kappa shape index (κ2) is 8.43. The molecule has 0 saturated carbocycles. The third-order valence-corrected chi connectivity index (χ3v) is 8.54. The van der Waals surface area contributed by atoms with E-state index in [1.54, 1.807) is 0 Å². The fraction of sp³-hybridized carbons (Fsp3) is 0.342. The molecular weight excluding hydrogens is 484 g/mol. The lowest BCUT2D eigenvalue weighted by molar-refractivity contribution is 0.411. The molecule has 0 aliphatic heterocycles. The van der Waals surface area contributed by atoms with Gasteiger partial charge >= 0.3 is 0 Å². The van der Waals surface area contributed by atoms with E-state index in [0.717, 1.165) is 18.4 Å². The average Bonchev–Trinajstić information content (AvgIpc) is 3.21. The van der Waals surface area contributed by atoms with Crippen molar-refractivity contribution in [2.75, 3.05) is 0 Å². The van der Waals surface area contributed by atoms with Crippen molar-refractivity contribution in [1.29, 1.82) is 0 Å². The highest BCUT2D eigenvalue weighted by molar-refractivity contribution is 6.29. The molecule has 3 aromatic heterocycles. The maximum atomic E-state index is 5.10. The molecule has 0 saturated heterocycles. The molecule has 0 bridgehead atoms. The van der Waals surface area contributed by atoms with Crippen LogP contribution in [0.5, 0.6) is 0 Å². The molecule has 0 aliphatic rings. The van der Waals surface area contributed by atoms with E-state index in [9.17, 15) is 0 Å². The predicted octanol–water partition coefficient (Wildman–Crippen LogP) is 10.8. The first-order valence-corrected chi connectivity index (χ1v) is 14.9. The molecule has 3 heterocycles. The number of fused-ring (bicyclic) bond motifs is 7. The van der Waals surface area contributed by atoms with E-state index in [1.807, 2.05) is 6.20 Å². The van der Waals surface area contributed by atoms with Crippen LogP contribution >= 0.6 is 0 Å². The van der Waals surface area contributed by atoms with Gasteiger partial charge in [-0.25, -0.2) is 0 Å². The Morgan fingerprint density at radius 3 is 2.17 bits per heavy atom. The van der Waals surface area contributed by atoms with E-state index < -0.39 is 0 Å². The van der Waals surface area contributed by atoms with E-state index in [2.05, 4.69) is 120 Å². The predicted molar refractivity (Wildman–Crippen MR) is 174 cm³/mol. The zero-order valence-corrected chi connectivity index (χ0v) is 25.2. The molecule has 0 spiro atoms. The molecule has 0 unspecified atom stereocenters. The first-order valence-electron chi connectivity index (χ1n) is 14.9. The first-order chi connectivity index (χ1) is 18.9. The van der Waals surface area contributed by atoms with Gasteiger partial charge in [0, 0.05) is 27.7 Å². The average molecular weight is 525 g/mol. The number of nitrogens with zero attached hydrogens (tertiary/aromatic N) is 2. The lowest BCUT2D eigenvalue weighted by Gasteiger charge is -2.24. The highest BCUT2D eigenvalue weighted by Gasteiger charge is 2.25. The van der Waals surface area contributed by atoms with Crippen LogP contribution in [0.2, 0.25) is 0 Å². The van der Waals surface area contributed by atoms with Crippen LogP contribution in [0.4, 0.5) is 0 Å². The van der Waals surface area contributed by atoms with Crippen LogP contribution in [0.25, 0.3) is 59.8 Å². The number of aromatic nitrogens is 2. The van der Waals surface area contributed by atoms with Crippen LogP contribution < -0.4 is 0 Å². The van der Waals surface area contributed by atoms with Gasteiger partial charge in [-0.15, -0.1) is 0 Å². The molecule has 0 amide bonds. The topological polar surface area (TPSA) is 17.3 Å². The maximum Gasteiger partial charge on any atom is 0.0823 e. The monoisotopic (exact) mass is 524 g/mol. The third-order valence-electron chi connectivity index (χ3n) is 8.54. The van der Waals surface area contributed by atoms with Crippen molar-refractivity contribution in [3.05, 3.63) is 83.6 Å². The molecule has 0 atom stereocenters. The minimum atomic E-state index is 0.133. The largest absolute Gasteiger partial charge is 0.308 e. The Balaban J connectivity index is 1.77. The maximum absolute atomic E-state index is 5.10. The van der Waals surface area contributed by atoms with Crippen LogP contribution in [0.3, 0.4) is 0 Å². The van der Waals surface area contributed by atoms with Crippen LogP contribution in [0, 0.1) is 10.8 Å². The van der Waals surface area contributed by atoms with Crippen LogP contribution in [0.1, 0.15) is 78.0 Å². The van der Waals surface area contributed by atoms with Gasteiger partial charge < -0.3 is 4.40 Å². The van der Waals surface area contributed by atoms with E-state index in [4.69, 9.17) is 4.98 Å². The lowest BCUT2D eigenvalue weighted by atomic mass is 9.83. The van der Waals surface area contributed by atoms with Crippen molar-refractivity contribution < 1.29 is 0 Å². The quantitative estimate of drug-likeness (QED) is 0.166. The van der Waals surface area contributed by atoms with Crippen LogP contribution in [-0.2, 0) is 12.8 Å². The molecular formula is C38H40N2.